The largest absolute Gasteiger partial charge is 0.468 e. The van der Waals surface area contributed by atoms with E-state index in [-0.39, 0.29) is 12.0 Å². The van der Waals surface area contributed by atoms with Crippen molar-refractivity contribution in [1.82, 2.24) is 0 Å². The van der Waals surface area contributed by atoms with Gasteiger partial charge in [0.15, 0.2) is 0 Å². The Morgan fingerprint density at radius 2 is 2.36 bits per heavy atom. The molecule has 0 radical (unpaired) electrons. The molecule has 0 spiro atoms. The van der Waals surface area contributed by atoms with Crippen LogP contribution < -0.4 is 5.73 Å². The predicted molar refractivity (Wildman–Crippen MR) is 47.6 cm³/mol. The third-order valence-corrected chi connectivity index (χ3v) is 2.13. The number of nitrogens with two attached hydrogens (primary N) is 1. The Morgan fingerprint density at radius 3 is 2.82 bits per heavy atom. The van der Waals surface area contributed by atoms with Crippen molar-refractivity contribution in [3.8, 4) is 0 Å². The standard InChI is InChI=1S/C7H15NO2S/c1-6(8)3-4-11-5-7(9)10-2/h6H,3-5,8H2,1-2H3. The summed E-state index contributed by atoms with van der Waals surface area (Å²) >= 11 is 1.56. The number of hydrogen-bond donors (Lipinski definition) is 1. The minimum Gasteiger partial charge on any atom is -0.468 e. The molecule has 4 heteroatoms. The topological polar surface area (TPSA) is 52.3 Å². The second kappa shape index (κ2) is 6.49. The van der Waals surface area contributed by atoms with Gasteiger partial charge in [-0.2, -0.15) is 11.8 Å². The molecular formula is C7H15NO2S. The van der Waals surface area contributed by atoms with E-state index in [0.717, 1.165) is 12.2 Å². The van der Waals surface area contributed by atoms with E-state index in [1.165, 1.54) is 7.11 Å². The number of carbonyl (C=O) groups excluding carboxylic acids is 1. The van der Waals surface area contributed by atoms with Crippen molar-refractivity contribution < 1.29 is 9.53 Å². The van der Waals surface area contributed by atoms with Gasteiger partial charge in [-0.3, -0.25) is 4.79 Å². The second-order valence-electron chi connectivity index (χ2n) is 2.39. The molecule has 0 aromatic heterocycles. The van der Waals surface area contributed by atoms with Crippen molar-refractivity contribution in [1.29, 1.82) is 0 Å². The van der Waals surface area contributed by atoms with Gasteiger partial charge in [0.05, 0.1) is 12.9 Å². The Morgan fingerprint density at radius 1 is 1.73 bits per heavy atom. The Kier molecular flexibility index (Phi) is 6.36. The first kappa shape index (κ1) is 10.8. The Labute approximate surface area is 71.7 Å². The van der Waals surface area contributed by atoms with E-state index in [2.05, 4.69) is 4.74 Å². The molecule has 0 amide bonds. The molecule has 0 aromatic rings. The molecule has 0 aliphatic carbocycles. The van der Waals surface area contributed by atoms with Crippen molar-refractivity contribution in [2.75, 3.05) is 18.6 Å². The monoisotopic (exact) mass is 177 g/mol. The highest BCUT2D eigenvalue weighted by atomic mass is 32.2. The predicted octanol–water partition coefficient (Wildman–Crippen LogP) is 0.630. The van der Waals surface area contributed by atoms with Gasteiger partial charge < -0.3 is 10.5 Å². The number of methoxy groups -OCH3 is 1. The summed E-state index contributed by atoms with van der Waals surface area (Å²) in [7, 11) is 1.40. The van der Waals surface area contributed by atoms with Crippen LogP contribution in [0.25, 0.3) is 0 Å². The van der Waals surface area contributed by atoms with Gasteiger partial charge in [0.25, 0.3) is 0 Å². The first-order valence-electron chi connectivity index (χ1n) is 3.57. The summed E-state index contributed by atoms with van der Waals surface area (Å²) < 4.78 is 4.47. The van der Waals surface area contributed by atoms with E-state index in [1.54, 1.807) is 11.8 Å². The number of carbonyl (C=O) groups is 1. The van der Waals surface area contributed by atoms with Gasteiger partial charge in [-0.05, 0) is 19.1 Å². The lowest BCUT2D eigenvalue weighted by molar-refractivity contribution is -0.137. The number of ether oxygens (including phenoxy) is 1. The molecule has 3 nitrogen and oxygen atoms in total. The summed E-state index contributed by atoms with van der Waals surface area (Å²) in [5, 5.41) is 0. The van der Waals surface area contributed by atoms with Gasteiger partial charge in [-0.25, -0.2) is 0 Å². The van der Waals surface area contributed by atoms with Crippen LogP contribution in [0.1, 0.15) is 13.3 Å². The summed E-state index contributed by atoms with van der Waals surface area (Å²) in [6, 6.07) is 0.222. The highest BCUT2D eigenvalue weighted by Gasteiger charge is 2.00. The van der Waals surface area contributed by atoms with Crippen molar-refractivity contribution in [2.24, 2.45) is 5.73 Å². The second-order valence-corrected chi connectivity index (χ2v) is 3.50. The minimum absolute atomic E-state index is 0.167. The van der Waals surface area contributed by atoms with Crippen molar-refractivity contribution in [3.05, 3.63) is 0 Å². The summed E-state index contributed by atoms with van der Waals surface area (Å²) in [6.07, 6.45) is 0.946. The highest BCUT2D eigenvalue weighted by molar-refractivity contribution is 7.99. The third-order valence-electron chi connectivity index (χ3n) is 1.17. The molecule has 1 unspecified atom stereocenters. The van der Waals surface area contributed by atoms with Crippen LogP contribution in [-0.4, -0.2) is 30.6 Å². The van der Waals surface area contributed by atoms with Gasteiger partial charge in [0.2, 0.25) is 0 Å². The molecule has 0 rings (SSSR count). The molecule has 2 N–H and O–H groups in total. The van der Waals surface area contributed by atoms with E-state index >= 15 is 0 Å². The van der Waals surface area contributed by atoms with E-state index < -0.39 is 0 Å². The zero-order chi connectivity index (χ0) is 8.69. The molecule has 0 heterocycles. The Hall–Kier alpha value is -0.220. The minimum atomic E-state index is -0.167. The summed E-state index contributed by atoms with van der Waals surface area (Å²) in [4.78, 5) is 10.6. The Balaban J connectivity index is 3.08. The van der Waals surface area contributed by atoms with Crippen molar-refractivity contribution in [3.63, 3.8) is 0 Å². The molecule has 0 aliphatic heterocycles. The fourth-order valence-corrected chi connectivity index (χ4v) is 1.45. The zero-order valence-electron chi connectivity index (χ0n) is 7.00. The molecule has 66 valence electrons. The van der Waals surface area contributed by atoms with Crippen molar-refractivity contribution in [2.45, 2.75) is 19.4 Å². The molecule has 0 aromatic carbocycles. The first-order chi connectivity index (χ1) is 5.16. The fourth-order valence-electron chi connectivity index (χ4n) is 0.484. The van der Waals surface area contributed by atoms with Gasteiger partial charge in [-0.15, -0.1) is 0 Å². The molecule has 0 saturated heterocycles. The quantitative estimate of drug-likeness (QED) is 0.494. The van der Waals surface area contributed by atoms with Gasteiger partial charge in [0.1, 0.15) is 0 Å². The molecule has 11 heavy (non-hydrogen) atoms. The summed E-state index contributed by atoms with van der Waals surface area (Å²) in [5.74, 6) is 1.19. The lowest BCUT2D eigenvalue weighted by atomic mass is 10.3. The maximum absolute atomic E-state index is 10.6. The van der Waals surface area contributed by atoms with Crippen LogP contribution in [0.3, 0.4) is 0 Å². The van der Waals surface area contributed by atoms with Crippen LogP contribution in [-0.2, 0) is 9.53 Å². The fraction of sp³-hybridized carbons (Fsp3) is 0.857. The van der Waals surface area contributed by atoms with Crippen LogP contribution in [0, 0.1) is 0 Å². The smallest absolute Gasteiger partial charge is 0.315 e. The van der Waals surface area contributed by atoms with Crippen LogP contribution >= 0.6 is 11.8 Å². The van der Waals surface area contributed by atoms with Crippen LogP contribution in [0.2, 0.25) is 0 Å². The molecule has 0 aliphatic rings. The molecule has 0 saturated carbocycles. The van der Waals surface area contributed by atoms with Gasteiger partial charge in [0, 0.05) is 6.04 Å². The molecule has 0 fully saturated rings. The van der Waals surface area contributed by atoms with Crippen LogP contribution in [0.4, 0.5) is 0 Å². The highest BCUT2D eigenvalue weighted by Crippen LogP contribution is 2.03. The average molecular weight is 177 g/mol. The molecule has 1 atom stereocenters. The van der Waals surface area contributed by atoms with E-state index in [4.69, 9.17) is 5.73 Å². The summed E-state index contributed by atoms with van der Waals surface area (Å²) in [6.45, 7) is 1.96. The van der Waals surface area contributed by atoms with Gasteiger partial charge >= 0.3 is 5.97 Å². The van der Waals surface area contributed by atoms with E-state index in [9.17, 15) is 4.79 Å². The molecule has 0 bridgehead atoms. The lowest BCUT2D eigenvalue weighted by Crippen LogP contribution is -2.15. The number of thioether (sulfide) groups is 1. The normalized spacial score (nSPS) is 12.6. The van der Waals surface area contributed by atoms with Crippen LogP contribution in [0.15, 0.2) is 0 Å². The summed E-state index contributed by atoms with van der Waals surface area (Å²) in [5.41, 5.74) is 5.51. The number of esters is 1. The zero-order valence-corrected chi connectivity index (χ0v) is 7.82. The number of hydrogen-bond acceptors (Lipinski definition) is 4. The Bertz CT molecular complexity index is 117. The SMILES string of the molecule is COC(=O)CSCCC(C)N. The number of rotatable bonds is 5. The van der Waals surface area contributed by atoms with E-state index in [1.807, 2.05) is 6.92 Å². The first-order valence-corrected chi connectivity index (χ1v) is 4.72. The maximum atomic E-state index is 10.6. The van der Waals surface area contributed by atoms with Gasteiger partial charge in [-0.1, -0.05) is 0 Å². The van der Waals surface area contributed by atoms with Crippen molar-refractivity contribution >= 4 is 17.7 Å². The molecular weight excluding hydrogens is 162 g/mol. The van der Waals surface area contributed by atoms with E-state index in [0.29, 0.717) is 5.75 Å². The lowest BCUT2D eigenvalue weighted by Gasteiger charge is -2.02. The third kappa shape index (κ3) is 7.68. The van der Waals surface area contributed by atoms with Crippen LogP contribution in [0.5, 0.6) is 0 Å². The maximum Gasteiger partial charge on any atom is 0.315 e. The average Bonchev–Trinajstić information content (AvgIpc) is 1.97.